The molecule has 3 N–H and O–H groups in total. The normalized spacial score (nSPS) is 15.2. The molecule has 1 saturated heterocycles. The summed E-state index contributed by atoms with van der Waals surface area (Å²) in [5.74, 6) is 0.0437. The minimum absolute atomic E-state index is 0.0198. The largest absolute Gasteiger partial charge is 0.370 e. The zero-order valence-electron chi connectivity index (χ0n) is 12.7. The molecule has 0 atom stereocenters. The summed E-state index contributed by atoms with van der Waals surface area (Å²) in [6.07, 6.45) is 0. The number of nitrogens with zero attached hydrogens (tertiary/aromatic N) is 4. The van der Waals surface area contributed by atoms with Gasteiger partial charge in [0.15, 0.2) is 5.96 Å². The number of hydrogen-bond donors (Lipinski definition) is 2. The molecule has 122 valence electrons. The highest BCUT2D eigenvalue weighted by atomic mass is 35.5. The number of carbonyl (C=O) groups excluding carboxylic acids is 1. The molecule has 1 amide bonds. The molecule has 0 bridgehead atoms. The van der Waals surface area contributed by atoms with Crippen LogP contribution in [-0.2, 0) is 4.79 Å². The van der Waals surface area contributed by atoms with Gasteiger partial charge >= 0.3 is 0 Å². The van der Waals surface area contributed by atoms with Crippen LogP contribution in [0.4, 0.5) is 5.69 Å². The molecule has 0 spiro atoms. The maximum atomic E-state index is 11.4. The summed E-state index contributed by atoms with van der Waals surface area (Å²) >= 11 is 5.90. The molecular formula is C15H19ClN6O. The lowest BCUT2D eigenvalue weighted by atomic mass is 10.2. The summed E-state index contributed by atoms with van der Waals surface area (Å²) in [6, 6.07) is 9.58. The molecule has 1 heterocycles. The van der Waals surface area contributed by atoms with Crippen molar-refractivity contribution in [2.24, 2.45) is 10.7 Å². The lowest BCUT2D eigenvalue weighted by Gasteiger charge is -2.36. The number of nitrogens with one attached hydrogen (secondary N) is 1. The summed E-state index contributed by atoms with van der Waals surface area (Å²) in [7, 11) is 0. The number of nitrogens with two attached hydrogens (primary N) is 1. The number of carbonyl (C=O) groups is 1. The van der Waals surface area contributed by atoms with Crippen LogP contribution in [0.1, 0.15) is 0 Å². The second-order valence-electron chi connectivity index (χ2n) is 5.06. The fraction of sp³-hybridized carbons (Fsp3) is 0.400. The zero-order chi connectivity index (χ0) is 16.7. The number of hydrogen-bond acceptors (Lipinski definition) is 4. The van der Waals surface area contributed by atoms with Gasteiger partial charge < -0.3 is 20.9 Å². The van der Waals surface area contributed by atoms with E-state index in [0.29, 0.717) is 5.96 Å². The number of aliphatic imine (C=N–C) groups is 1. The molecule has 0 unspecified atom stereocenters. The Morgan fingerprint density at radius 3 is 2.57 bits per heavy atom. The van der Waals surface area contributed by atoms with Crippen molar-refractivity contribution in [2.45, 2.75) is 0 Å². The maximum Gasteiger partial charge on any atom is 0.242 e. The van der Waals surface area contributed by atoms with Gasteiger partial charge in [0, 0.05) is 36.9 Å². The summed E-state index contributed by atoms with van der Waals surface area (Å²) in [5.41, 5.74) is 7.05. The van der Waals surface area contributed by atoms with Gasteiger partial charge in [0.2, 0.25) is 5.91 Å². The van der Waals surface area contributed by atoms with Gasteiger partial charge in [0.05, 0.1) is 6.07 Å². The molecule has 7 nitrogen and oxygen atoms in total. The molecule has 1 aromatic rings. The molecule has 1 aliphatic rings. The molecular weight excluding hydrogens is 316 g/mol. The van der Waals surface area contributed by atoms with E-state index in [9.17, 15) is 4.79 Å². The van der Waals surface area contributed by atoms with Crippen LogP contribution in [-0.4, -0.2) is 56.0 Å². The molecule has 1 fully saturated rings. The van der Waals surface area contributed by atoms with E-state index >= 15 is 0 Å². The van der Waals surface area contributed by atoms with Gasteiger partial charge in [-0.2, -0.15) is 5.26 Å². The topological polar surface area (TPSA) is 97.7 Å². The number of anilines is 1. The second kappa shape index (κ2) is 8.25. The highest BCUT2D eigenvalue weighted by Gasteiger charge is 2.18. The first-order valence-corrected chi connectivity index (χ1v) is 7.67. The van der Waals surface area contributed by atoms with Gasteiger partial charge in [-0.1, -0.05) is 11.6 Å². The van der Waals surface area contributed by atoms with E-state index < -0.39 is 0 Å². The van der Waals surface area contributed by atoms with Crippen LogP contribution in [0.25, 0.3) is 0 Å². The number of nitriles is 1. The van der Waals surface area contributed by atoms with E-state index in [1.807, 2.05) is 35.2 Å². The van der Waals surface area contributed by atoms with Crippen molar-refractivity contribution in [3.8, 4) is 6.07 Å². The maximum absolute atomic E-state index is 11.4. The Labute approximate surface area is 140 Å². The number of amides is 1. The zero-order valence-corrected chi connectivity index (χ0v) is 13.5. The highest BCUT2D eigenvalue weighted by Crippen LogP contribution is 2.19. The monoisotopic (exact) mass is 334 g/mol. The standard InChI is InChI=1S/C15H19ClN6O/c16-12-1-3-13(4-2-12)21-7-9-22(10-8-21)15(18)20-11-14(23)19-6-5-17/h1-4H,6-11H2,(H2,18,20)(H,19,23). The Morgan fingerprint density at radius 2 is 1.96 bits per heavy atom. The Bertz CT molecular complexity index is 601. The molecule has 1 aliphatic heterocycles. The van der Waals surface area contributed by atoms with E-state index in [1.54, 1.807) is 0 Å². The third-order valence-corrected chi connectivity index (χ3v) is 3.80. The highest BCUT2D eigenvalue weighted by molar-refractivity contribution is 6.30. The molecule has 1 aromatic carbocycles. The van der Waals surface area contributed by atoms with Gasteiger partial charge in [-0.25, -0.2) is 4.99 Å². The number of halogens is 1. The Kier molecular flexibility index (Phi) is 6.06. The fourth-order valence-corrected chi connectivity index (χ4v) is 2.42. The van der Waals surface area contributed by atoms with E-state index in [1.165, 1.54) is 0 Å². The van der Waals surface area contributed by atoms with Crippen molar-refractivity contribution >= 4 is 29.2 Å². The van der Waals surface area contributed by atoms with E-state index in [2.05, 4.69) is 15.2 Å². The molecule has 0 saturated carbocycles. The lowest BCUT2D eigenvalue weighted by molar-refractivity contribution is -0.119. The summed E-state index contributed by atoms with van der Waals surface area (Å²) in [5, 5.41) is 11.5. The summed E-state index contributed by atoms with van der Waals surface area (Å²) in [6.45, 7) is 3.02. The smallest absolute Gasteiger partial charge is 0.242 e. The molecule has 8 heteroatoms. The first kappa shape index (κ1) is 16.9. The van der Waals surface area contributed by atoms with Crippen LogP contribution in [0.5, 0.6) is 0 Å². The minimum Gasteiger partial charge on any atom is -0.370 e. The van der Waals surface area contributed by atoms with Crippen LogP contribution >= 0.6 is 11.6 Å². The average Bonchev–Trinajstić information content (AvgIpc) is 2.58. The third kappa shape index (κ3) is 5.04. The predicted octanol–water partition coefficient (Wildman–Crippen LogP) is 0.416. The van der Waals surface area contributed by atoms with Crippen molar-refractivity contribution in [3.63, 3.8) is 0 Å². The SMILES string of the molecule is N#CCNC(=O)CN=C(N)N1CCN(c2ccc(Cl)cc2)CC1. The third-order valence-electron chi connectivity index (χ3n) is 3.54. The van der Waals surface area contributed by atoms with Crippen molar-refractivity contribution in [1.29, 1.82) is 5.26 Å². The molecule has 2 rings (SSSR count). The Morgan fingerprint density at radius 1 is 1.30 bits per heavy atom. The van der Waals surface area contributed by atoms with Gasteiger partial charge in [-0.05, 0) is 24.3 Å². The molecule has 23 heavy (non-hydrogen) atoms. The Balaban J connectivity index is 1.82. The Hall–Kier alpha value is -2.46. The van der Waals surface area contributed by atoms with Crippen LogP contribution in [0.3, 0.4) is 0 Å². The van der Waals surface area contributed by atoms with Gasteiger partial charge in [-0.15, -0.1) is 0 Å². The quantitative estimate of drug-likeness (QED) is 0.472. The van der Waals surface area contributed by atoms with Crippen LogP contribution in [0, 0.1) is 11.3 Å². The molecule has 0 radical (unpaired) electrons. The van der Waals surface area contributed by atoms with E-state index in [-0.39, 0.29) is 19.0 Å². The summed E-state index contributed by atoms with van der Waals surface area (Å²) in [4.78, 5) is 19.7. The molecule has 0 aromatic heterocycles. The van der Waals surface area contributed by atoms with Crippen LogP contribution < -0.4 is 16.0 Å². The number of benzene rings is 1. The van der Waals surface area contributed by atoms with Crippen molar-refractivity contribution in [3.05, 3.63) is 29.3 Å². The summed E-state index contributed by atoms with van der Waals surface area (Å²) < 4.78 is 0. The predicted molar refractivity (Wildman–Crippen MR) is 90.4 cm³/mol. The minimum atomic E-state index is -0.311. The first-order chi connectivity index (χ1) is 11.1. The van der Waals surface area contributed by atoms with Crippen molar-refractivity contribution in [1.82, 2.24) is 10.2 Å². The lowest BCUT2D eigenvalue weighted by Crippen LogP contribution is -2.51. The van der Waals surface area contributed by atoms with Gasteiger partial charge in [0.25, 0.3) is 0 Å². The number of piperazine rings is 1. The van der Waals surface area contributed by atoms with E-state index in [4.69, 9.17) is 22.6 Å². The fourth-order valence-electron chi connectivity index (χ4n) is 2.29. The van der Waals surface area contributed by atoms with Gasteiger partial charge in [-0.3, -0.25) is 4.79 Å². The van der Waals surface area contributed by atoms with E-state index in [0.717, 1.165) is 36.9 Å². The van der Waals surface area contributed by atoms with Crippen molar-refractivity contribution < 1.29 is 4.79 Å². The second-order valence-corrected chi connectivity index (χ2v) is 5.50. The first-order valence-electron chi connectivity index (χ1n) is 7.29. The van der Waals surface area contributed by atoms with Crippen LogP contribution in [0.15, 0.2) is 29.3 Å². The number of rotatable bonds is 4. The van der Waals surface area contributed by atoms with Crippen molar-refractivity contribution in [2.75, 3.05) is 44.2 Å². The molecule has 0 aliphatic carbocycles. The number of guanidine groups is 1. The van der Waals surface area contributed by atoms with Gasteiger partial charge in [0.1, 0.15) is 13.1 Å². The van der Waals surface area contributed by atoms with Crippen LogP contribution in [0.2, 0.25) is 5.02 Å². The average molecular weight is 335 g/mol.